The molecule has 5 nitrogen and oxygen atoms in total. The molecule has 0 N–H and O–H groups in total. The Morgan fingerprint density at radius 3 is 2.31 bits per heavy atom. The van der Waals surface area contributed by atoms with E-state index in [2.05, 4.69) is 17.0 Å². The van der Waals surface area contributed by atoms with Gasteiger partial charge in [0.2, 0.25) is 5.91 Å². The Hall–Kier alpha value is -2.95. The number of carbonyl (C=O) groups is 1. The minimum absolute atomic E-state index is 0.125. The number of fused-ring (bicyclic) bond motifs is 2. The number of anilines is 2. The number of likely N-dealkylation sites (N-methyl/N-ethyl adjacent to an activating group) is 1. The summed E-state index contributed by atoms with van der Waals surface area (Å²) in [7, 11) is 2.00. The maximum absolute atomic E-state index is 12.8. The normalized spacial score (nSPS) is 13.7. The van der Waals surface area contributed by atoms with E-state index in [1.54, 1.807) is 4.90 Å². The van der Waals surface area contributed by atoms with Crippen molar-refractivity contribution in [3.05, 3.63) is 60.2 Å². The lowest BCUT2D eigenvalue weighted by Crippen LogP contribution is -2.43. The SMILES string of the molecule is CN1CCN(C(=O)CCCc2ccccc2)c2nc3ccccc3nc21. The Balaban J connectivity index is 1.53. The van der Waals surface area contributed by atoms with Gasteiger partial charge in [0.1, 0.15) is 0 Å². The molecule has 0 bridgehead atoms. The van der Waals surface area contributed by atoms with Crippen molar-refractivity contribution in [2.24, 2.45) is 0 Å². The average Bonchev–Trinajstić information content (AvgIpc) is 2.68. The highest BCUT2D eigenvalue weighted by Crippen LogP contribution is 2.31. The summed E-state index contributed by atoms with van der Waals surface area (Å²) in [5.74, 6) is 1.59. The third-order valence-electron chi connectivity index (χ3n) is 4.81. The van der Waals surface area contributed by atoms with Crippen LogP contribution in [0.3, 0.4) is 0 Å². The van der Waals surface area contributed by atoms with Crippen LogP contribution in [0.5, 0.6) is 0 Å². The largest absolute Gasteiger partial charge is 0.355 e. The van der Waals surface area contributed by atoms with Crippen molar-refractivity contribution in [3.63, 3.8) is 0 Å². The van der Waals surface area contributed by atoms with Gasteiger partial charge in [-0.15, -0.1) is 0 Å². The van der Waals surface area contributed by atoms with Gasteiger partial charge in [0.05, 0.1) is 11.0 Å². The average molecular weight is 346 g/mol. The molecule has 0 saturated carbocycles. The van der Waals surface area contributed by atoms with Crippen molar-refractivity contribution in [1.82, 2.24) is 9.97 Å². The number of aryl methyl sites for hydroxylation is 1. The van der Waals surface area contributed by atoms with E-state index in [1.165, 1.54) is 5.56 Å². The molecular weight excluding hydrogens is 324 g/mol. The minimum atomic E-state index is 0.125. The van der Waals surface area contributed by atoms with Crippen LogP contribution in [-0.2, 0) is 11.2 Å². The molecule has 2 heterocycles. The second-order valence-electron chi connectivity index (χ2n) is 6.67. The molecule has 0 saturated heterocycles. The number of rotatable bonds is 4. The third kappa shape index (κ3) is 3.25. The van der Waals surface area contributed by atoms with E-state index < -0.39 is 0 Å². The summed E-state index contributed by atoms with van der Waals surface area (Å²) in [4.78, 5) is 26.2. The zero-order chi connectivity index (χ0) is 17.9. The summed E-state index contributed by atoms with van der Waals surface area (Å²) >= 11 is 0. The lowest BCUT2D eigenvalue weighted by molar-refractivity contribution is -0.118. The van der Waals surface area contributed by atoms with Gasteiger partial charge in [0.15, 0.2) is 11.6 Å². The van der Waals surface area contributed by atoms with E-state index in [0.29, 0.717) is 18.8 Å². The molecule has 2 aromatic carbocycles. The highest BCUT2D eigenvalue weighted by molar-refractivity contribution is 5.97. The van der Waals surface area contributed by atoms with Crippen molar-refractivity contribution in [2.45, 2.75) is 19.3 Å². The van der Waals surface area contributed by atoms with Gasteiger partial charge in [0, 0.05) is 26.6 Å². The first-order valence-electron chi connectivity index (χ1n) is 9.04. The molecular formula is C21H22N4O. The zero-order valence-electron chi connectivity index (χ0n) is 14.9. The molecule has 3 aromatic rings. The number of para-hydroxylation sites is 2. The molecule has 0 spiro atoms. The van der Waals surface area contributed by atoms with Crippen molar-refractivity contribution >= 4 is 28.6 Å². The Labute approximate surface area is 153 Å². The highest BCUT2D eigenvalue weighted by Gasteiger charge is 2.28. The molecule has 1 aliphatic heterocycles. The van der Waals surface area contributed by atoms with Crippen molar-refractivity contribution < 1.29 is 4.79 Å². The molecule has 0 radical (unpaired) electrons. The summed E-state index contributed by atoms with van der Waals surface area (Å²) in [6.07, 6.45) is 2.27. The second-order valence-corrected chi connectivity index (χ2v) is 6.67. The van der Waals surface area contributed by atoms with E-state index in [9.17, 15) is 4.79 Å². The van der Waals surface area contributed by atoms with E-state index >= 15 is 0 Å². The maximum Gasteiger partial charge on any atom is 0.228 e. The summed E-state index contributed by atoms with van der Waals surface area (Å²) in [6.45, 7) is 1.42. The topological polar surface area (TPSA) is 49.3 Å². The molecule has 26 heavy (non-hydrogen) atoms. The lowest BCUT2D eigenvalue weighted by atomic mass is 10.1. The van der Waals surface area contributed by atoms with Gasteiger partial charge >= 0.3 is 0 Å². The fourth-order valence-electron chi connectivity index (χ4n) is 3.35. The first-order chi connectivity index (χ1) is 12.7. The number of hydrogen-bond acceptors (Lipinski definition) is 4. The quantitative estimate of drug-likeness (QED) is 0.726. The Kier molecular flexibility index (Phi) is 4.52. The predicted molar refractivity (Wildman–Crippen MR) is 105 cm³/mol. The second kappa shape index (κ2) is 7.12. The minimum Gasteiger partial charge on any atom is -0.355 e. The molecule has 0 fully saturated rings. The first kappa shape index (κ1) is 16.5. The van der Waals surface area contributed by atoms with Crippen LogP contribution in [0.15, 0.2) is 54.6 Å². The summed E-state index contributed by atoms with van der Waals surface area (Å²) in [5, 5.41) is 0. The van der Waals surface area contributed by atoms with E-state index in [4.69, 9.17) is 9.97 Å². The standard InChI is InChI=1S/C21H22N4O/c1-24-14-15-25(19(26)13-7-10-16-8-3-2-4-9-16)21-20(24)22-17-11-5-6-12-18(17)23-21/h2-6,8-9,11-12H,7,10,13-15H2,1H3. The molecule has 1 amide bonds. The van der Waals surface area contributed by atoms with E-state index in [0.717, 1.165) is 36.2 Å². The van der Waals surface area contributed by atoms with Crippen LogP contribution in [0, 0.1) is 0 Å². The van der Waals surface area contributed by atoms with Crippen molar-refractivity contribution in [2.75, 3.05) is 29.9 Å². The lowest BCUT2D eigenvalue weighted by Gasteiger charge is -2.33. The van der Waals surface area contributed by atoms with Crippen molar-refractivity contribution in [3.8, 4) is 0 Å². The number of hydrogen-bond donors (Lipinski definition) is 0. The van der Waals surface area contributed by atoms with Crippen molar-refractivity contribution in [1.29, 1.82) is 0 Å². The van der Waals surface area contributed by atoms with Crippen LogP contribution in [0.2, 0.25) is 0 Å². The molecule has 1 aliphatic rings. The Bertz CT molecular complexity index is 926. The smallest absolute Gasteiger partial charge is 0.228 e. The molecule has 0 atom stereocenters. The van der Waals surface area contributed by atoms with Gasteiger partial charge in [-0.25, -0.2) is 9.97 Å². The maximum atomic E-state index is 12.8. The zero-order valence-corrected chi connectivity index (χ0v) is 14.9. The van der Waals surface area contributed by atoms with Gasteiger partial charge in [0.25, 0.3) is 0 Å². The summed E-state index contributed by atoms with van der Waals surface area (Å²) in [6, 6.07) is 18.1. The highest BCUT2D eigenvalue weighted by atomic mass is 16.2. The van der Waals surface area contributed by atoms with Gasteiger partial charge in [-0.05, 0) is 30.5 Å². The summed E-state index contributed by atoms with van der Waals surface area (Å²) < 4.78 is 0. The molecule has 132 valence electrons. The Morgan fingerprint density at radius 1 is 0.923 bits per heavy atom. The van der Waals surface area contributed by atoms with Crippen LogP contribution < -0.4 is 9.80 Å². The van der Waals surface area contributed by atoms with Crippen LogP contribution >= 0.6 is 0 Å². The van der Waals surface area contributed by atoms with Gasteiger partial charge in [-0.3, -0.25) is 9.69 Å². The fraction of sp³-hybridized carbons (Fsp3) is 0.286. The van der Waals surface area contributed by atoms with Gasteiger partial charge in [-0.1, -0.05) is 42.5 Å². The monoisotopic (exact) mass is 346 g/mol. The van der Waals surface area contributed by atoms with Gasteiger partial charge < -0.3 is 4.90 Å². The number of aromatic nitrogens is 2. The molecule has 5 heteroatoms. The number of nitrogens with zero attached hydrogens (tertiary/aromatic N) is 4. The van der Waals surface area contributed by atoms with Crippen LogP contribution in [0.4, 0.5) is 11.6 Å². The number of carbonyl (C=O) groups excluding carboxylic acids is 1. The van der Waals surface area contributed by atoms with Crippen LogP contribution in [0.25, 0.3) is 11.0 Å². The number of benzene rings is 2. The molecule has 4 rings (SSSR count). The van der Waals surface area contributed by atoms with Gasteiger partial charge in [-0.2, -0.15) is 0 Å². The van der Waals surface area contributed by atoms with Crippen LogP contribution in [0.1, 0.15) is 18.4 Å². The fourth-order valence-corrected chi connectivity index (χ4v) is 3.35. The number of amides is 1. The first-order valence-corrected chi connectivity index (χ1v) is 9.04. The summed E-state index contributed by atoms with van der Waals surface area (Å²) in [5.41, 5.74) is 2.95. The van der Waals surface area contributed by atoms with E-state index in [1.807, 2.05) is 49.5 Å². The predicted octanol–water partition coefficient (Wildman–Crippen LogP) is 3.44. The van der Waals surface area contributed by atoms with Crippen LogP contribution in [-0.4, -0.2) is 36.0 Å². The molecule has 1 aromatic heterocycles. The Morgan fingerprint density at radius 2 is 1.58 bits per heavy atom. The third-order valence-corrected chi connectivity index (χ3v) is 4.81. The van der Waals surface area contributed by atoms with E-state index in [-0.39, 0.29) is 5.91 Å². The molecule has 0 unspecified atom stereocenters. The molecule has 0 aliphatic carbocycles.